The molecule has 2 heterocycles. The van der Waals surface area contributed by atoms with Gasteiger partial charge in [-0.1, -0.05) is 17.7 Å². The van der Waals surface area contributed by atoms with Crippen molar-refractivity contribution in [3.05, 3.63) is 114 Å². The maximum atomic E-state index is 4.97. The van der Waals surface area contributed by atoms with Crippen LogP contribution in [0, 0.1) is 39.8 Å². The van der Waals surface area contributed by atoms with Crippen molar-refractivity contribution in [2.24, 2.45) is 0 Å². The van der Waals surface area contributed by atoms with Crippen molar-refractivity contribution in [3.8, 4) is 11.4 Å². The van der Waals surface area contributed by atoms with Crippen molar-refractivity contribution in [2.45, 2.75) is 27.7 Å². The minimum Gasteiger partial charge on any atom is -0.275 e. The predicted octanol–water partition coefficient (Wildman–Crippen LogP) is 6.36. The number of benzene rings is 3. The van der Waals surface area contributed by atoms with Gasteiger partial charge in [-0.25, -0.2) is 0 Å². The molecule has 0 aliphatic heterocycles. The minimum absolute atomic E-state index is 0. The van der Waals surface area contributed by atoms with Gasteiger partial charge in [0.1, 0.15) is 0 Å². The Morgan fingerprint density at radius 3 is 2.00 bits per heavy atom. The van der Waals surface area contributed by atoms with Gasteiger partial charge in [-0.3, -0.25) is 14.3 Å². The molecule has 6 heteroatoms. The van der Waals surface area contributed by atoms with Crippen LogP contribution in [0.15, 0.2) is 79.0 Å². The molecule has 0 saturated carbocycles. The van der Waals surface area contributed by atoms with Gasteiger partial charge < -0.3 is 0 Å². The van der Waals surface area contributed by atoms with E-state index in [0.717, 1.165) is 34.4 Å². The molecule has 5 nitrogen and oxygen atoms in total. The molecule has 172 valence electrons. The van der Waals surface area contributed by atoms with Crippen LogP contribution < -0.4 is 4.90 Å². The van der Waals surface area contributed by atoms with Crippen LogP contribution in [0.25, 0.3) is 11.4 Å². The van der Waals surface area contributed by atoms with Crippen LogP contribution >= 0.6 is 0 Å². The number of aryl methyl sites for hydroxylation is 4. The average Bonchev–Trinajstić information content (AvgIpc) is 3.44. The Labute approximate surface area is 214 Å². The Kier molecular flexibility index (Phi) is 6.85. The van der Waals surface area contributed by atoms with Crippen LogP contribution in [0.1, 0.15) is 22.4 Å². The minimum atomic E-state index is 0. The Balaban J connectivity index is 0.00000274. The third-order valence-corrected chi connectivity index (χ3v) is 5.63. The van der Waals surface area contributed by atoms with Crippen molar-refractivity contribution in [1.29, 1.82) is 0 Å². The van der Waals surface area contributed by atoms with E-state index in [-0.39, 0.29) is 21.1 Å². The maximum absolute atomic E-state index is 4.97. The molecule has 0 amide bonds. The van der Waals surface area contributed by atoms with E-state index in [0.29, 0.717) is 0 Å². The summed E-state index contributed by atoms with van der Waals surface area (Å²) in [6.45, 7) is 8.46. The van der Waals surface area contributed by atoms with Crippen molar-refractivity contribution < 1.29 is 21.1 Å². The van der Waals surface area contributed by atoms with Crippen LogP contribution in [-0.2, 0) is 21.1 Å². The van der Waals surface area contributed by atoms with Crippen molar-refractivity contribution in [1.82, 2.24) is 19.6 Å². The number of hydrogen-bond acceptors (Lipinski definition) is 3. The summed E-state index contributed by atoms with van der Waals surface area (Å²) in [4.78, 5) is 2.13. The third kappa shape index (κ3) is 4.49. The van der Waals surface area contributed by atoms with Crippen molar-refractivity contribution in [2.75, 3.05) is 4.90 Å². The second kappa shape index (κ2) is 9.82. The van der Waals surface area contributed by atoms with Crippen LogP contribution in [-0.4, -0.2) is 19.6 Å². The first-order chi connectivity index (χ1) is 16.0. The molecule has 3 aromatic carbocycles. The Morgan fingerprint density at radius 2 is 1.38 bits per heavy atom. The molecule has 0 saturated heterocycles. The van der Waals surface area contributed by atoms with E-state index in [1.54, 1.807) is 0 Å². The van der Waals surface area contributed by atoms with Gasteiger partial charge in [-0.05, 0) is 50.2 Å². The molecule has 0 unspecified atom stereocenters. The van der Waals surface area contributed by atoms with Gasteiger partial charge in [-0.2, -0.15) is 58.7 Å². The van der Waals surface area contributed by atoms with E-state index in [4.69, 9.17) is 10.2 Å². The summed E-state index contributed by atoms with van der Waals surface area (Å²) in [5.41, 5.74) is 7.49. The summed E-state index contributed by atoms with van der Waals surface area (Å²) in [7, 11) is 0. The van der Waals surface area contributed by atoms with Crippen molar-refractivity contribution >= 4 is 17.3 Å². The molecule has 0 fully saturated rings. The summed E-state index contributed by atoms with van der Waals surface area (Å²) in [5.74, 6) is 1.60. The molecule has 5 rings (SSSR count). The molecular formula is C28H25N5Pt. The van der Waals surface area contributed by atoms with E-state index in [9.17, 15) is 0 Å². The zero-order valence-corrected chi connectivity index (χ0v) is 21.8. The summed E-state index contributed by atoms with van der Waals surface area (Å²) >= 11 is 0. The number of anilines is 3. The molecule has 2 aromatic heterocycles. The fourth-order valence-corrected chi connectivity index (χ4v) is 4.29. The zero-order valence-electron chi connectivity index (χ0n) is 19.6. The van der Waals surface area contributed by atoms with E-state index < -0.39 is 0 Å². The fourth-order valence-electron chi connectivity index (χ4n) is 4.29. The summed E-state index contributed by atoms with van der Waals surface area (Å²) in [6.07, 6.45) is 1.96. The normalized spacial score (nSPS) is 10.7. The topological polar surface area (TPSA) is 38.9 Å². The molecule has 0 radical (unpaired) electrons. The number of rotatable bonds is 5. The third-order valence-electron chi connectivity index (χ3n) is 5.63. The molecule has 34 heavy (non-hydrogen) atoms. The number of para-hydroxylation sites is 2. The molecular weight excluding hydrogens is 601 g/mol. The van der Waals surface area contributed by atoms with Crippen molar-refractivity contribution in [3.63, 3.8) is 0 Å². The molecule has 0 bridgehead atoms. The smallest absolute Gasteiger partial charge is 0.275 e. The zero-order chi connectivity index (χ0) is 22.9. The number of hydrogen-bond donors (Lipinski definition) is 0. The molecule has 0 N–H and O–H groups in total. The van der Waals surface area contributed by atoms with Gasteiger partial charge in [0.2, 0.25) is 0 Å². The van der Waals surface area contributed by atoms with Gasteiger partial charge in [0.25, 0.3) is 0 Å². The van der Waals surface area contributed by atoms with E-state index in [2.05, 4.69) is 62.9 Å². The van der Waals surface area contributed by atoms with Gasteiger partial charge in [0, 0.05) is 24.0 Å². The van der Waals surface area contributed by atoms with Gasteiger partial charge in [0.15, 0.2) is 11.6 Å². The van der Waals surface area contributed by atoms with Gasteiger partial charge in [-0.15, -0.1) is 12.1 Å². The standard InChI is InChI=1S/C28H25N5.Pt/c1-20-17-21(2)28(22(3)18-20)32(26-15-16-31(29-26)24-11-7-5-8-12-24)27-19-23(4)33(30-27)25-13-9-6-10-14-25;/h5-11,13,15-19H,1-4H3;/q-2;+2. The Hall–Kier alpha value is -3.43. The first-order valence-corrected chi connectivity index (χ1v) is 11.0. The number of nitrogens with zero attached hydrogens (tertiary/aromatic N) is 5. The van der Waals surface area contributed by atoms with Crippen LogP contribution in [0.5, 0.6) is 0 Å². The summed E-state index contributed by atoms with van der Waals surface area (Å²) < 4.78 is 3.76. The second-order valence-electron chi connectivity index (χ2n) is 8.25. The fraction of sp³-hybridized carbons (Fsp3) is 0.143. The quantitative estimate of drug-likeness (QED) is 0.213. The van der Waals surface area contributed by atoms with E-state index in [1.807, 2.05) is 70.2 Å². The van der Waals surface area contributed by atoms with Crippen LogP contribution in [0.2, 0.25) is 0 Å². The molecule has 5 aromatic rings. The summed E-state index contributed by atoms with van der Waals surface area (Å²) in [6, 6.07) is 30.7. The Bertz CT molecular complexity index is 1380. The van der Waals surface area contributed by atoms with E-state index >= 15 is 0 Å². The van der Waals surface area contributed by atoms with Gasteiger partial charge in [0.05, 0.1) is 5.69 Å². The average molecular weight is 627 g/mol. The monoisotopic (exact) mass is 626 g/mol. The molecule has 0 aliphatic rings. The number of aromatic nitrogens is 4. The van der Waals surface area contributed by atoms with Gasteiger partial charge >= 0.3 is 21.1 Å². The molecule has 0 atom stereocenters. The Morgan fingerprint density at radius 1 is 0.735 bits per heavy atom. The van der Waals surface area contributed by atoms with Crippen LogP contribution in [0.4, 0.5) is 17.3 Å². The summed E-state index contributed by atoms with van der Waals surface area (Å²) in [5, 5.41) is 9.88. The van der Waals surface area contributed by atoms with E-state index in [1.165, 1.54) is 16.7 Å². The SMILES string of the molecule is Cc1cc(C)c(N(c2ccn(-c3[c-]cccc3)n2)c2cc(C)n(-c3[c-]cccc3)n2)c(C)c1.[Pt+2]. The second-order valence-corrected chi connectivity index (χ2v) is 8.25. The maximum Gasteiger partial charge on any atom is 2.00 e. The molecule has 0 aliphatic carbocycles. The first-order valence-electron chi connectivity index (χ1n) is 11.0. The molecule has 0 spiro atoms. The largest absolute Gasteiger partial charge is 2.00 e. The first kappa shape index (κ1) is 23.7. The predicted molar refractivity (Wildman–Crippen MR) is 132 cm³/mol. The van der Waals surface area contributed by atoms with Crippen LogP contribution in [0.3, 0.4) is 0 Å².